The highest BCUT2D eigenvalue weighted by Crippen LogP contribution is 2.28. The van der Waals surface area contributed by atoms with Gasteiger partial charge in [-0.3, -0.25) is 4.79 Å². The van der Waals surface area contributed by atoms with Crippen molar-refractivity contribution in [3.63, 3.8) is 0 Å². The van der Waals surface area contributed by atoms with Gasteiger partial charge >= 0.3 is 0 Å². The number of aromatic nitrogens is 5. The van der Waals surface area contributed by atoms with Crippen LogP contribution in [-0.4, -0.2) is 43.5 Å². The zero-order valence-electron chi connectivity index (χ0n) is 18.0. The topological polar surface area (TPSA) is 146 Å². The van der Waals surface area contributed by atoms with E-state index in [0.29, 0.717) is 44.9 Å². The van der Waals surface area contributed by atoms with Crippen molar-refractivity contribution in [1.82, 2.24) is 30.7 Å². The van der Waals surface area contributed by atoms with Gasteiger partial charge in [0.2, 0.25) is 11.6 Å². The predicted octanol–water partition coefficient (Wildman–Crippen LogP) is 3.76. The molecule has 0 spiro atoms. The molecule has 0 bridgehead atoms. The Morgan fingerprint density at radius 1 is 1.18 bits per heavy atom. The molecule has 0 atom stereocenters. The molecule has 2 heterocycles. The Morgan fingerprint density at radius 3 is 2.59 bits per heavy atom. The monoisotopic (exact) mass is 500 g/mol. The number of ether oxygens (including phenoxy) is 1. The molecule has 0 fully saturated rings. The van der Waals surface area contributed by atoms with Crippen molar-refractivity contribution < 1.29 is 14.2 Å². The second-order valence-corrected chi connectivity index (χ2v) is 7.71. The summed E-state index contributed by atoms with van der Waals surface area (Å²) >= 11 is 12.0. The van der Waals surface area contributed by atoms with Crippen LogP contribution in [0.5, 0.6) is 5.75 Å². The summed E-state index contributed by atoms with van der Waals surface area (Å²) in [6.07, 6.45) is 0. The average molecular weight is 501 g/mol. The Morgan fingerprint density at radius 2 is 1.94 bits per heavy atom. The third kappa shape index (κ3) is 4.70. The summed E-state index contributed by atoms with van der Waals surface area (Å²) < 4.78 is 11.4. The van der Waals surface area contributed by atoms with Crippen LogP contribution in [0.2, 0.25) is 10.0 Å². The van der Waals surface area contributed by atoms with E-state index in [9.17, 15) is 4.79 Å². The van der Waals surface area contributed by atoms with Crippen molar-refractivity contribution in [3.05, 3.63) is 63.8 Å². The summed E-state index contributed by atoms with van der Waals surface area (Å²) in [7, 11) is 0. The Hall–Kier alpha value is -3.96. The van der Waals surface area contributed by atoms with Gasteiger partial charge in [-0.1, -0.05) is 34.5 Å². The molecule has 4 aromatic rings. The number of nitrogens with two attached hydrogens (primary N) is 1. The van der Waals surface area contributed by atoms with Crippen LogP contribution in [0.4, 0.5) is 5.82 Å². The summed E-state index contributed by atoms with van der Waals surface area (Å²) in [5.74, 6) is 0.133. The van der Waals surface area contributed by atoms with E-state index in [0.717, 1.165) is 0 Å². The van der Waals surface area contributed by atoms with E-state index in [1.807, 2.05) is 6.92 Å². The fourth-order valence-electron chi connectivity index (χ4n) is 3.03. The number of nitrogens with zero attached hydrogens (tertiary/aromatic N) is 6. The smallest absolute Gasteiger partial charge is 0.294 e. The molecule has 0 saturated carbocycles. The van der Waals surface area contributed by atoms with Gasteiger partial charge in [-0.15, -0.1) is 5.10 Å². The van der Waals surface area contributed by atoms with Gasteiger partial charge in [-0.25, -0.2) is 10.1 Å². The van der Waals surface area contributed by atoms with E-state index < -0.39 is 5.91 Å². The first-order chi connectivity index (χ1) is 16.4. The SMILES string of the molecule is CCOc1ccc(-c2c(C(=O)N/N=C(/C)c3ccc(Cl)c(Cl)c3)nnn2-c2nonc2N)cc1. The lowest BCUT2D eigenvalue weighted by Gasteiger charge is -2.08. The predicted molar refractivity (Wildman–Crippen MR) is 126 cm³/mol. The second-order valence-electron chi connectivity index (χ2n) is 6.90. The molecule has 0 aliphatic rings. The van der Waals surface area contributed by atoms with E-state index in [1.165, 1.54) is 4.68 Å². The molecular formula is C21H18Cl2N8O3. The Balaban J connectivity index is 1.69. The number of carbonyl (C=O) groups excluding carboxylic acids is 1. The number of hydrazone groups is 1. The molecule has 11 nitrogen and oxygen atoms in total. The molecule has 2 aromatic carbocycles. The number of halogens is 2. The quantitative estimate of drug-likeness (QED) is 0.288. The Bertz CT molecular complexity index is 1360. The average Bonchev–Trinajstić information content (AvgIpc) is 3.45. The number of benzene rings is 2. The highest BCUT2D eigenvalue weighted by atomic mass is 35.5. The van der Waals surface area contributed by atoms with Gasteiger partial charge in [-0.05, 0) is 66.1 Å². The molecular weight excluding hydrogens is 483 g/mol. The van der Waals surface area contributed by atoms with Gasteiger partial charge in [0.05, 0.1) is 22.4 Å². The minimum atomic E-state index is -0.607. The van der Waals surface area contributed by atoms with Crippen molar-refractivity contribution in [1.29, 1.82) is 0 Å². The molecule has 34 heavy (non-hydrogen) atoms. The van der Waals surface area contributed by atoms with E-state index in [1.54, 1.807) is 49.4 Å². The van der Waals surface area contributed by atoms with Crippen LogP contribution in [0.3, 0.4) is 0 Å². The molecule has 4 rings (SSSR count). The van der Waals surface area contributed by atoms with E-state index >= 15 is 0 Å². The summed E-state index contributed by atoms with van der Waals surface area (Å²) in [5, 5.41) is 20.3. The summed E-state index contributed by atoms with van der Waals surface area (Å²) in [6, 6.07) is 12.1. The minimum absolute atomic E-state index is 0.0162. The van der Waals surface area contributed by atoms with Gasteiger partial charge in [0, 0.05) is 5.56 Å². The van der Waals surface area contributed by atoms with Crippen LogP contribution >= 0.6 is 23.2 Å². The normalized spacial score (nSPS) is 11.5. The largest absolute Gasteiger partial charge is 0.494 e. The molecule has 3 N–H and O–H groups in total. The van der Waals surface area contributed by atoms with Crippen LogP contribution in [-0.2, 0) is 0 Å². The van der Waals surface area contributed by atoms with Crippen molar-refractivity contribution in [2.45, 2.75) is 13.8 Å². The summed E-state index contributed by atoms with van der Waals surface area (Å²) in [4.78, 5) is 13.0. The van der Waals surface area contributed by atoms with Crippen LogP contribution in [0.15, 0.2) is 52.2 Å². The van der Waals surface area contributed by atoms with E-state index in [2.05, 4.69) is 35.8 Å². The number of nitrogens with one attached hydrogen (secondary N) is 1. The van der Waals surface area contributed by atoms with Crippen LogP contribution in [0, 0.1) is 0 Å². The number of rotatable bonds is 7. The number of anilines is 1. The fourth-order valence-corrected chi connectivity index (χ4v) is 3.33. The zero-order valence-corrected chi connectivity index (χ0v) is 19.5. The number of amides is 1. The Labute approximate surface area is 203 Å². The molecule has 0 aliphatic carbocycles. The molecule has 0 saturated heterocycles. The lowest BCUT2D eigenvalue weighted by Crippen LogP contribution is -2.21. The molecule has 0 radical (unpaired) electrons. The maximum Gasteiger partial charge on any atom is 0.294 e. The lowest BCUT2D eigenvalue weighted by molar-refractivity contribution is 0.0950. The maximum atomic E-state index is 13.0. The van der Waals surface area contributed by atoms with Crippen LogP contribution < -0.4 is 15.9 Å². The van der Waals surface area contributed by atoms with Gasteiger partial charge in [0.25, 0.3) is 5.91 Å². The van der Waals surface area contributed by atoms with E-state index in [-0.39, 0.29) is 17.3 Å². The van der Waals surface area contributed by atoms with Crippen molar-refractivity contribution in [2.75, 3.05) is 12.3 Å². The fraction of sp³-hybridized carbons (Fsp3) is 0.143. The second kappa shape index (κ2) is 9.89. The van der Waals surface area contributed by atoms with Gasteiger partial charge in [0.1, 0.15) is 11.4 Å². The van der Waals surface area contributed by atoms with Crippen molar-refractivity contribution in [3.8, 4) is 22.8 Å². The highest BCUT2D eigenvalue weighted by Gasteiger charge is 2.25. The first kappa shape index (κ1) is 23.2. The third-order valence-electron chi connectivity index (χ3n) is 4.68. The highest BCUT2D eigenvalue weighted by molar-refractivity contribution is 6.42. The van der Waals surface area contributed by atoms with Gasteiger partial charge < -0.3 is 10.5 Å². The first-order valence-electron chi connectivity index (χ1n) is 9.96. The van der Waals surface area contributed by atoms with E-state index in [4.69, 9.17) is 33.7 Å². The number of nitrogen functional groups attached to an aromatic ring is 1. The summed E-state index contributed by atoms with van der Waals surface area (Å²) in [5.41, 5.74) is 10.4. The Kier molecular flexibility index (Phi) is 6.75. The van der Waals surface area contributed by atoms with Gasteiger partial charge in [0.15, 0.2) is 5.69 Å². The third-order valence-corrected chi connectivity index (χ3v) is 5.42. The molecule has 174 valence electrons. The lowest BCUT2D eigenvalue weighted by atomic mass is 10.1. The molecule has 0 unspecified atom stereocenters. The van der Waals surface area contributed by atoms with Crippen molar-refractivity contribution >= 4 is 40.6 Å². The number of carbonyl (C=O) groups is 1. The molecule has 0 aliphatic heterocycles. The number of hydrogen-bond donors (Lipinski definition) is 2. The van der Waals surface area contributed by atoms with Crippen molar-refractivity contribution in [2.24, 2.45) is 5.10 Å². The van der Waals surface area contributed by atoms with Crippen LogP contribution in [0.1, 0.15) is 29.9 Å². The molecule has 1 amide bonds. The van der Waals surface area contributed by atoms with Gasteiger partial charge in [-0.2, -0.15) is 9.78 Å². The molecule has 13 heteroatoms. The minimum Gasteiger partial charge on any atom is -0.494 e. The first-order valence-corrected chi connectivity index (χ1v) is 10.7. The summed E-state index contributed by atoms with van der Waals surface area (Å²) in [6.45, 7) is 4.12. The maximum absolute atomic E-state index is 13.0. The molecule has 2 aromatic heterocycles. The number of hydrogen-bond acceptors (Lipinski definition) is 9. The standard InChI is InChI=1S/C21H18Cl2N8O3/c1-3-33-14-7-4-12(5-8-14)18-17(26-30-31(18)20-19(24)28-34-29-20)21(32)27-25-11(2)13-6-9-15(22)16(23)10-13/h4-10H,3H2,1-2H3,(H2,24,28)(H,27,32)/b25-11-. The van der Waals surface area contributed by atoms with Crippen LogP contribution in [0.25, 0.3) is 17.1 Å². The zero-order chi connectivity index (χ0) is 24.2.